The predicted octanol–water partition coefficient (Wildman–Crippen LogP) is 1.14. The maximum absolute atomic E-state index is 7.56. The van der Waals surface area contributed by atoms with Gasteiger partial charge in [-0.3, -0.25) is 0 Å². The third-order valence-corrected chi connectivity index (χ3v) is 0.985. The van der Waals surface area contributed by atoms with Gasteiger partial charge in [-0.2, -0.15) is 0 Å². The zero-order chi connectivity index (χ0) is 14.1. The molecule has 0 aliphatic heterocycles. The topological polar surface area (TPSA) is 121 Å². The standard InChI is InChI=1S/C6H5Cl.ClH.2H3O3PS/c7-6-4-2-1-3-5-6;;2*1-4(2,3)5/h1-5H;1H;2*(H3,1,2,3,5). The van der Waals surface area contributed by atoms with Crippen LogP contribution >= 0.6 is 37.4 Å². The van der Waals surface area contributed by atoms with Crippen LogP contribution in [0.1, 0.15) is 0 Å². The highest BCUT2D eigenvalue weighted by Crippen LogP contribution is 2.26. The molecule has 12 heteroatoms. The molecule has 6 nitrogen and oxygen atoms in total. The average Bonchev–Trinajstić information content (AvgIpc) is 1.98. The van der Waals surface area contributed by atoms with Gasteiger partial charge in [-0.15, -0.1) is 12.4 Å². The highest BCUT2D eigenvalue weighted by molar-refractivity contribution is 8.06. The first-order valence-electron chi connectivity index (χ1n) is 3.66. The minimum Gasteiger partial charge on any atom is -0.325 e. The highest BCUT2D eigenvalue weighted by atomic mass is 35.5. The summed E-state index contributed by atoms with van der Waals surface area (Å²) in [4.78, 5) is 45.3. The fourth-order valence-corrected chi connectivity index (χ4v) is 0.560. The molecule has 0 amide bonds. The summed E-state index contributed by atoms with van der Waals surface area (Å²) >= 11 is 12.7. The second-order valence-corrected chi connectivity index (χ2v) is 7.75. The quantitative estimate of drug-likeness (QED) is 0.373. The molecule has 0 saturated heterocycles. The van der Waals surface area contributed by atoms with E-state index in [2.05, 4.69) is 23.6 Å². The zero-order valence-electron chi connectivity index (χ0n) is 8.57. The number of hydrogen-bond acceptors (Lipinski definition) is 2. The Bertz CT molecular complexity index is 358. The molecule has 0 saturated carbocycles. The molecule has 0 aliphatic rings. The lowest BCUT2D eigenvalue weighted by atomic mass is 10.4. The molecule has 6 N–H and O–H groups in total. The van der Waals surface area contributed by atoms with E-state index in [-0.39, 0.29) is 12.4 Å². The van der Waals surface area contributed by atoms with Crippen LogP contribution in [0.4, 0.5) is 0 Å². The van der Waals surface area contributed by atoms with Gasteiger partial charge in [-0.05, 0) is 35.7 Å². The fourth-order valence-electron chi connectivity index (χ4n) is 0.415. The Labute approximate surface area is 125 Å². The summed E-state index contributed by atoms with van der Waals surface area (Å²) in [5, 5.41) is 0.794. The van der Waals surface area contributed by atoms with E-state index in [1.165, 1.54) is 0 Å². The second-order valence-electron chi connectivity index (χ2n) is 2.32. The van der Waals surface area contributed by atoms with Gasteiger partial charge in [0.05, 0.1) is 0 Å². The smallest absolute Gasteiger partial charge is 0.319 e. The Hall–Kier alpha value is 0.860. The van der Waals surface area contributed by atoms with Gasteiger partial charge in [0.15, 0.2) is 0 Å². The van der Waals surface area contributed by atoms with E-state index in [4.69, 9.17) is 41.0 Å². The van der Waals surface area contributed by atoms with Crippen molar-refractivity contribution in [2.24, 2.45) is 0 Å². The predicted molar refractivity (Wildman–Crippen MR) is 80.6 cm³/mol. The van der Waals surface area contributed by atoms with Crippen molar-refractivity contribution in [3.8, 4) is 0 Å². The van der Waals surface area contributed by atoms with E-state index >= 15 is 0 Å². The maximum Gasteiger partial charge on any atom is 0.319 e. The van der Waals surface area contributed by atoms with Crippen LogP contribution < -0.4 is 0 Å². The summed E-state index contributed by atoms with van der Waals surface area (Å²) in [7, 11) is 0. The molecule has 1 aromatic carbocycles. The van der Waals surface area contributed by atoms with Crippen LogP contribution in [0.5, 0.6) is 0 Å². The van der Waals surface area contributed by atoms with Gasteiger partial charge in [-0.1, -0.05) is 29.8 Å². The third kappa shape index (κ3) is 54.0. The molecule has 0 radical (unpaired) electrons. The van der Waals surface area contributed by atoms with Crippen molar-refractivity contribution >= 4 is 61.1 Å². The van der Waals surface area contributed by atoms with Gasteiger partial charge >= 0.3 is 13.4 Å². The molecule has 0 heterocycles. The summed E-state index contributed by atoms with van der Waals surface area (Å²) in [5.41, 5.74) is 0. The molecule has 18 heavy (non-hydrogen) atoms. The Morgan fingerprint density at radius 3 is 1.11 bits per heavy atom. The summed E-state index contributed by atoms with van der Waals surface area (Å²) in [6.45, 7) is -7.61. The number of halogens is 2. The molecule has 108 valence electrons. The van der Waals surface area contributed by atoms with Crippen molar-refractivity contribution in [1.29, 1.82) is 0 Å². The first-order valence-corrected chi connectivity index (χ1v) is 9.36. The molecule has 0 unspecified atom stereocenters. The van der Waals surface area contributed by atoms with Crippen LogP contribution in [-0.4, -0.2) is 29.4 Å². The first kappa shape index (κ1) is 23.9. The van der Waals surface area contributed by atoms with Crippen LogP contribution in [0.2, 0.25) is 5.02 Å². The van der Waals surface area contributed by atoms with Gasteiger partial charge in [0.25, 0.3) is 0 Å². The maximum atomic E-state index is 7.56. The number of rotatable bonds is 0. The Balaban J connectivity index is -0.000000188. The van der Waals surface area contributed by atoms with E-state index in [1.807, 2.05) is 30.3 Å². The van der Waals surface area contributed by atoms with Crippen LogP contribution in [-0.2, 0) is 23.6 Å². The fraction of sp³-hybridized carbons (Fsp3) is 0. The van der Waals surface area contributed by atoms with Crippen LogP contribution in [0, 0.1) is 0 Å². The minimum atomic E-state index is -3.81. The van der Waals surface area contributed by atoms with E-state index in [0.29, 0.717) is 0 Å². The Kier molecular flexibility index (Phi) is 15.5. The van der Waals surface area contributed by atoms with Crippen molar-refractivity contribution in [3.63, 3.8) is 0 Å². The molecular formula is C6H12Cl2O6P2S2. The average molecular weight is 377 g/mol. The summed E-state index contributed by atoms with van der Waals surface area (Å²) in [5.74, 6) is 0. The van der Waals surface area contributed by atoms with Gasteiger partial charge in [-0.25, -0.2) is 0 Å². The largest absolute Gasteiger partial charge is 0.325 e. The van der Waals surface area contributed by atoms with Crippen molar-refractivity contribution in [2.45, 2.75) is 0 Å². The molecule has 1 rings (SSSR count). The molecular weight excluding hydrogens is 365 g/mol. The molecule has 0 spiro atoms. The van der Waals surface area contributed by atoms with Crippen molar-refractivity contribution < 1.29 is 29.4 Å². The first-order chi connectivity index (χ1) is 7.39. The summed E-state index contributed by atoms with van der Waals surface area (Å²) in [6.07, 6.45) is 0. The lowest BCUT2D eigenvalue weighted by molar-refractivity contribution is 0.361. The molecule has 1 aromatic rings. The monoisotopic (exact) mass is 376 g/mol. The van der Waals surface area contributed by atoms with Crippen LogP contribution in [0.25, 0.3) is 0 Å². The van der Waals surface area contributed by atoms with E-state index in [0.717, 1.165) is 5.02 Å². The summed E-state index contributed by atoms with van der Waals surface area (Å²) < 4.78 is 0. The molecule has 0 atom stereocenters. The van der Waals surface area contributed by atoms with Gasteiger partial charge in [0.2, 0.25) is 0 Å². The Morgan fingerprint density at radius 1 is 0.778 bits per heavy atom. The molecule has 0 fully saturated rings. The lowest BCUT2D eigenvalue weighted by Crippen LogP contribution is -1.65. The van der Waals surface area contributed by atoms with Gasteiger partial charge in [0.1, 0.15) is 0 Å². The van der Waals surface area contributed by atoms with E-state index < -0.39 is 13.4 Å². The van der Waals surface area contributed by atoms with Gasteiger partial charge in [0, 0.05) is 5.02 Å². The number of benzene rings is 1. The van der Waals surface area contributed by atoms with E-state index in [1.54, 1.807) is 0 Å². The SMILES string of the molecule is Cl.Clc1ccccc1.OP(O)(O)=S.OP(O)(O)=S. The third-order valence-electron chi connectivity index (χ3n) is 0.733. The Morgan fingerprint density at radius 2 is 1.00 bits per heavy atom. The lowest BCUT2D eigenvalue weighted by Gasteiger charge is -1.88. The second kappa shape index (κ2) is 11.7. The highest BCUT2D eigenvalue weighted by Gasteiger charge is 1.92. The minimum absolute atomic E-state index is 0. The number of hydrogen-bond donors (Lipinski definition) is 6. The van der Waals surface area contributed by atoms with Crippen molar-refractivity contribution in [1.82, 2.24) is 0 Å². The van der Waals surface area contributed by atoms with Crippen LogP contribution in [0.15, 0.2) is 30.3 Å². The van der Waals surface area contributed by atoms with Crippen molar-refractivity contribution in [2.75, 3.05) is 0 Å². The van der Waals surface area contributed by atoms with E-state index in [9.17, 15) is 0 Å². The molecule has 0 bridgehead atoms. The molecule has 0 aliphatic carbocycles. The van der Waals surface area contributed by atoms with Gasteiger partial charge < -0.3 is 29.4 Å². The van der Waals surface area contributed by atoms with Crippen molar-refractivity contribution in [3.05, 3.63) is 35.4 Å². The molecule has 0 aromatic heterocycles. The zero-order valence-corrected chi connectivity index (χ0v) is 13.6. The summed E-state index contributed by atoms with van der Waals surface area (Å²) in [6, 6.07) is 9.44. The normalized spacial score (nSPS) is 9.94. The van der Waals surface area contributed by atoms with Crippen LogP contribution in [0.3, 0.4) is 0 Å².